The van der Waals surface area contributed by atoms with Crippen molar-refractivity contribution in [1.29, 1.82) is 0 Å². The quantitative estimate of drug-likeness (QED) is 0.646. The Labute approximate surface area is 74.5 Å². The second-order valence-electron chi connectivity index (χ2n) is 2.79. The van der Waals surface area contributed by atoms with Crippen molar-refractivity contribution in [3.05, 3.63) is 0 Å². The molecule has 0 aliphatic carbocycles. The standard InChI is InChI=1S/C7H16N2O.ClH/c1-9-4-3-8-5-7(9)6-10-2;/h7-8H,3-6H2,1-2H3;1H/t7-;/m1./s1. The summed E-state index contributed by atoms with van der Waals surface area (Å²) in [6.45, 7) is 4.14. The highest BCUT2D eigenvalue weighted by atomic mass is 35.5. The second kappa shape index (κ2) is 5.77. The maximum Gasteiger partial charge on any atom is 0.0630 e. The molecule has 0 bridgehead atoms. The van der Waals surface area contributed by atoms with Crippen LogP contribution in [0.25, 0.3) is 0 Å². The lowest BCUT2D eigenvalue weighted by Crippen LogP contribution is -2.51. The lowest BCUT2D eigenvalue weighted by Gasteiger charge is -2.32. The van der Waals surface area contributed by atoms with E-state index in [4.69, 9.17) is 4.74 Å². The first-order valence-electron chi connectivity index (χ1n) is 3.74. The Bertz CT molecular complexity index is 100. The lowest BCUT2D eigenvalue weighted by molar-refractivity contribution is 0.0909. The van der Waals surface area contributed by atoms with E-state index in [0.717, 1.165) is 26.2 Å². The molecule has 1 fully saturated rings. The van der Waals surface area contributed by atoms with E-state index < -0.39 is 0 Å². The van der Waals surface area contributed by atoms with Gasteiger partial charge in [0.1, 0.15) is 0 Å². The zero-order valence-corrected chi connectivity index (χ0v) is 7.99. The highest BCUT2D eigenvalue weighted by Crippen LogP contribution is 1.98. The van der Waals surface area contributed by atoms with Gasteiger partial charge in [-0.3, -0.25) is 4.90 Å². The zero-order chi connectivity index (χ0) is 7.40. The van der Waals surface area contributed by atoms with Crippen molar-refractivity contribution in [3.63, 3.8) is 0 Å². The predicted molar refractivity (Wildman–Crippen MR) is 48.4 cm³/mol. The van der Waals surface area contributed by atoms with Gasteiger partial charge in [-0.05, 0) is 7.05 Å². The average molecular weight is 181 g/mol. The van der Waals surface area contributed by atoms with Crippen LogP contribution in [-0.2, 0) is 4.74 Å². The van der Waals surface area contributed by atoms with Crippen molar-refractivity contribution in [2.24, 2.45) is 0 Å². The SMILES string of the molecule is COC[C@H]1CNCCN1C.Cl. The summed E-state index contributed by atoms with van der Waals surface area (Å²) in [4.78, 5) is 2.33. The maximum atomic E-state index is 5.07. The van der Waals surface area contributed by atoms with E-state index in [-0.39, 0.29) is 12.4 Å². The summed E-state index contributed by atoms with van der Waals surface area (Å²) in [6.07, 6.45) is 0. The van der Waals surface area contributed by atoms with Gasteiger partial charge in [0, 0.05) is 32.8 Å². The number of nitrogens with one attached hydrogen (secondary N) is 1. The molecule has 68 valence electrons. The number of nitrogens with zero attached hydrogens (tertiary/aromatic N) is 1. The Morgan fingerprint density at radius 1 is 1.64 bits per heavy atom. The number of ether oxygens (including phenoxy) is 1. The average Bonchev–Trinajstić information content (AvgIpc) is 1.94. The third kappa shape index (κ3) is 3.38. The summed E-state index contributed by atoms with van der Waals surface area (Å²) in [5, 5.41) is 3.33. The molecule has 11 heavy (non-hydrogen) atoms. The summed E-state index contributed by atoms with van der Waals surface area (Å²) in [6, 6.07) is 0.568. The van der Waals surface area contributed by atoms with Gasteiger partial charge in [0.05, 0.1) is 6.61 Å². The van der Waals surface area contributed by atoms with Crippen LogP contribution < -0.4 is 5.32 Å². The van der Waals surface area contributed by atoms with Crippen molar-refractivity contribution in [2.45, 2.75) is 6.04 Å². The number of halogens is 1. The maximum absolute atomic E-state index is 5.07. The molecule has 0 aromatic heterocycles. The van der Waals surface area contributed by atoms with Crippen LogP contribution in [-0.4, -0.2) is 51.3 Å². The number of piperazine rings is 1. The Morgan fingerprint density at radius 3 is 2.91 bits per heavy atom. The molecule has 1 atom stereocenters. The van der Waals surface area contributed by atoms with Crippen LogP contribution in [0.2, 0.25) is 0 Å². The van der Waals surface area contributed by atoms with Crippen molar-refractivity contribution >= 4 is 12.4 Å². The van der Waals surface area contributed by atoms with Gasteiger partial charge >= 0.3 is 0 Å². The molecule has 0 unspecified atom stereocenters. The van der Waals surface area contributed by atoms with E-state index in [1.807, 2.05) is 0 Å². The fourth-order valence-corrected chi connectivity index (χ4v) is 1.24. The minimum absolute atomic E-state index is 0. The minimum Gasteiger partial charge on any atom is -0.383 e. The van der Waals surface area contributed by atoms with Crippen LogP contribution >= 0.6 is 12.4 Å². The molecule has 0 radical (unpaired) electrons. The molecule has 4 heteroatoms. The van der Waals surface area contributed by atoms with Gasteiger partial charge in [-0.1, -0.05) is 0 Å². The highest BCUT2D eigenvalue weighted by Gasteiger charge is 2.17. The molecule has 1 rings (SSSR count). The largest absolute Gasteiger partial charge is 0.383 e. The smallest absolute Gasteiger partial charge is 0.0630 e. The topological polar surface area (TPSA) is 24.5 Å². The Morgan fingerprint density at radius 2 is 2.36 bits per heavy atom. The van der Waals surface area contributed by atoms with E-state index in [1.165, 1.54) is 0 Å². The van der Waals surface area contributed by atoms with Crippen LogP contribution in [0, 0.1) is 0 Å². The Balaban J connectivity index is 0.000001000. The van der Waals surface area contributed by atoms with Gasteiger partial charge < -0.3 is 10.1 Å². The molecule has 1 aliphatic rings. The second-order valence-corrected chi connectivity index (χ2v) is 2.79. The van der Waals surface area contributed by atoms with Gasteiger partial charge in [0.2, 0.25) is 0 Å². The first-order valence-corrected chi connectivity index (χ1v) is 3.74. The van der Waals surface area contributed by atoms with Crippen LogP contribution in [0.1, 0.15) is 0 Å². The van der Waals surface area contributed by atoms with Crippen molar-refractivity contribution in [3.8, 4) is 0 Å². The summed E-state index contributed by atoms with van der Waals surface area (Å²) in [7, 11) is 3.90. The predicted octanol–water partition coefficient (Wildman–Crippen LogP) is -0.0418. The zero-order valence-electron chi connectivity index (χ0n) is 7.17. The molecule has 0 saturated carbocycles. The molecular weight excluding hydrogens is 164 g/mol. The number of methoxy groups -OCH3 is 1. The minimum atomic E-state index is 0. The molecule has 1 heterocycles. The molecule has 0 aromatic rings. The molecular formula is C7H17ClN2O. The first-order chi connectivity index (χ1) is 4.84. The van der Waals surface area contributed by atoms with Crippen molar-refractivity contribution in [2.75, 3.05) is 40.4 Å². The first kappa shape index (κ1) is 11.2. The number of hydrogen-bond acceptors (Lipinski definition) is 3. The van der Waals surface area contributed by atoms with E-state index in [9.17, 15) is 0 Å². The Kier molecular flexibility index (Phi) is 5.86. The third-order valence-corrected chi connectivity index (χ3v) is 2.00. The lowest BCUT2D eigenvalue weighted by atomic mass is 10.2. The normalized spacial score (nSPS) is 26.2. The monoisotopic (exact) mass is 180 g/mol. The highest BCUT2D eigenvalue weighted by molar-refractivity contribution is 5.85. The molecule has 0 aromatic carbocycles. The summed E-state index contributed by atoms with van der Waals surface area (Å²) in [5.74, 6) is 0. The van der Waals surface area contributed by atoms with E-state index in [1.54, 1.807) is 7.11 Å². The van der Waals surface area contributed by atoms with Crippen LogP contribution in [0.4, 0.5) is 0 Å². The fraction of sp³-hybridized carbons (Fsp3) is 1.00. The summed E-state index contributed by atoms with van der Waals surface area (Å²) in [5.41, 5.74) is 0. The molecule has 0 spiro atoms. The van der Waals surface area contributed by atoms with Gasteiger partial charge in [0.15, 0.2) is 0 Å². The Hall–Kier alpha value is 0.170. The summed E-state index contributed by atoms with van der Waals surface area (Å²) >= 11 is 0. The number of rotatable bonds is 2. The van der Waals surface area contributed by atoms with Crippen molar-refractivity contribution < 1.29 is 4.74 Å². The molecule has 0 amide bonds. The van der Waals surface area contributed by atoms with Gasteiger partial charge in [-0.2, -0.15) is 0 Å². The van der Waals surface area contributed by atoms with Crippen LogP contribution in [0.5, 0.6) is 0 Å². The van der Waals surface area contributed by atoms with E-state index in [2.05, 4.69) is 17.3 Å². The molecule has 3 nitrogen and oxygen atoms in total. The number of hydrogen-bond donors (Lipinski definition) is 1. The van der Waals surface area contributed by atoms with Gasteiger partial charge in [-0.25, -0.2) is 0 Å². The summed E-state index contributed by atoms with van der Waals surface area (Å²) < 4.78 is 5.07. The van der Waals surface area contributed by atoms with Crippen LogP contribution in [0.15, 0.2) is 0 Å². The molecule has 1 N–H and O–H groups in total. The van der Waals surface area contributed by atoms with E-state index in [0.29, 0.717) is 6.04 Å². The number of likely N-dealkylation sites (N-methyl/N-ethyl adjacent to an activating group) is 1. The van der Waals surface area contributed by atoms with Crippen molar-refractivity contribution in [1.82, 2.24) is 10.2 Å². The van der Waals surface area contributed by atoms with Crippen LogP contribution in [0.3, 0.4) is 0 Å². The van der Waals surface area contributed by atoms with Gasteiger partial charge in [-0.15, -0.1) is 12.4 Å². The fourth-order valence-electron chi connectivity index (χ4n) is 1.24. The third-order valence-electron chi connectivity index (χ3n) is 2.00. The molecule has 1 aliphatic heterocycles. The molecule has 1 saturated heterocycles. The van der Waals surface area contributed by atoms with Gasteiger partial charge in [0.25, 0.3) is 0 Å². The van der Waals surface area contributed by atoms with E-state index >= 15 is 0 Å².